The van der Waals surface area contributed by atoms with Crippen molar-refractivity contribution >= 4 is 5.97 Å². The summed E-state index contributed by atoms with van der Waals surface area (Å²) < 4.78 is 0. The molecule has 0 heterocycles. The molecule has 0 radical (unpaired) electrons. The van der Waals surface area contributed by atoms with Crippen molar-refractivity contribution in [1.29, 1.82) is 0 Å². The molecule has 2 N–H and O–H groups in total. The van der Waals surface area contributed by atoms with E-state index < -0.39 is 17.5 Å². The molecule has 5 saturated carbocycles. The molecule has 0 spiro atoms. The maximum absolute atomic E-state index is 11.5. The van der Waals surface area contributed by atoms with Gasteiger partial charge in [0.05, 0.1) is 11.5 Å². The van der Waals surface area contributed by atoms with Crippen molar-refractivity contribution in [3.8, 4) is 0 Å². The molecule has 0 aliphatic heterocycles. The van der Waals surface area contributed by atoms with E-state index in [1.807, 2.05) is 0 Å². The van der Waals surface area contributed by atoms with Crippen LogP contribution in [0.25, 0.3) is 0 Å². The Morgan fingerprint density at radius 3 is 1.78 bits per heavy atom. The van der Waals surface area contributed by atoms with Crippen LogP contribution in [0.15, 0.2) is 0 Å². The fraction of sp³-hybridized carbons (Fsp3) is 0.933. The van der Waals surface area contributed by atoms with Gasteiger partial charge in [0.25, 0.3) is 0 Å². The van der Waals surface area contributed by atoms with Crippen LogP contribution in [0.1, 0.15) is 51.4 Å². The van der Waals surface area contributed by atoms with Gasteiger partial charge in [-0.15, -0.1) is 0 Å². The van der Waals surface area contributed by atoms with Gasteiger partial charge < -0.3 is 10.2 Å². The highest BCUT2D eigenvalue weighted by Crippen LogP contribution is 2.66. The van der Waals surface area contributed by atoms with Crippen molar-refractivity contribution in [3.63, 3.8) is 0 Å². The zero-order valence-electron chi connectivity index (χ0n) is 10.8. The summed E-state index contributed by atoms with van der Waals surface area (Å²) in [7, 11) is 0. The Morgan fingerprint density at radius 1 is 1.00 bits per heavy atom. The summed E-state index contributed by atoms with van der Waals surface area (Å²) in [4.78, 5) is 11.5. The lowest BCUT2D eigenvalue weighted by Crippen LogP contribution is -2.55. The number of aliphatic carboxylic acids is 1. The lowest BCUT2D eigenvalue weighted by atomic mass is 9.47. The van der Waals surface area contributed by atoms with Crippen LogP contribution >= 0.6 is 0 Å². The maximum atomic E-state index is 11.5. The average Bonchev–Trinajstić information content (AvgIpc) is 3.07. The second-order valence-electron chi connectivity index (χ2n) is 7.64. The molecule has 0 aromatic rings. The third-order valence-corrected chi connectivity index (χ3v) is 6.40. The molecular formula is C15H22O3. The zero-order valence-corrected chi connectivity index (χ0v) is 10.8. The summed E-state index contributed by atoms with van der Waals surface area (Å²) in [5.74, 6) is 1.56. The largest absolute Gasteiger partial charge is 0.481 e. The highest BCUT2D eigenvalue weighted by Gasteiger charge is 2.65. The lowest BCUT2D eigenvalue weighted by molar-refractivity contribution is -0.170. The summed E-state index contributed by atoms with van der Waals surface area (Å²) in [5, 5.41) is 20.2. The van der Waals surface area contributed by atoms with Crippen molar-refractivity contribution in [2.75, 3.05) is 0 Å². The van der Waals surface area contributed by atoms with E-state index in [1.54, 1.807) is 0 Å². The van der Waals surface area contributed by atoms with Crippen LogP contribution in [-0.2, 0) is 4.79 Å². The first-order chi connectivity index (χ1) is 8.54. The van der Waals surface area contributed by atoms with E-state index in [1.165, 1.54) is 19.3 Å². The van der Waals surface area contributed by atoms with Crippen molar-refractivity contribution in [1.82, 2.24) is 0 Å². The molecule has 5 aliphatic carbocycles. The molecule has 5 rings (SSSR count). The number of carboxylic acids is 1. The van der Waals surface area contributed by atoms with E-state index in [9.17, 15) is 15.0 Å². The smallest absolute Gasteiger partial charge is 0.312 e. The van der Waals surface area contributed by atoms with Gasteiger partial charge in [0.1, 0.15) is 0 Å². The van der Waals surface area contributed by atoms with Gasteiger partial charge in [-0.1, -0.05) is 0 Å². The SMILES string of the molecule is O=C(O)C1(C(O)C23CC4CC(CC(C4)C2)C3)CC1. The molecule has 0 amide bonds. The standard InChI is InChI=1S/C15H22O3/c16-12(15(1-2-15)13(17)18)14-6-9-3-10(7-14)5-11(4-9)8-14/h9-12,16H,1-8H2,(H,17,18). The predicted octanol–water partition coefficient (Wildman–Crippen LogP) is 2.43. The van der Waals surface area contributed by atoms with Crippen molar-refractivity contribution in [3.05, 3.63) is 0 Å². The van der Waals surface area contributed by atoms with Gasteiger partial charge in [0.15, 0.2) is 0 Å². The number of rotatable bonds is 3. The Bertz CT molecular complexity index is 361. The molecule has 0 aromatic carbocycles. The molecule has 3 nitrogen and oxygen atoms in total. The second-order valence-corrected chi connectivity index (χ2v) is 7.64. The lowest BCUT2D eigenvalue weighted by Gasteiger charge is -2.59. The minimum absolute atomic E-state index is 0.0381. The molecule has 4 bridgehead atoms. The van der Waals surface area contributed by atoms with Gasteiger partial charge in [-0.2, -0.15) is 0 Å². The Morgan fingerprint density at radius 2 is 1.44 bits per heavy atom. The van der Waals surface area contributed by atoms with Crippen molar-refractivity contribution in [2.24, 2.45) is 28.6 Å². The summed E-state index contributed by atoms with van der Waals surface area (Å²) in [6, 6.07) is 0. The van der Waals surface area contributed by atoms with Gasteiger partial charge >= 0.3 is 5.97 Å². The van der Waals surface area contributed by atoms with E-state index in [-0.39, 0.29) is 5.41 Å². The van der Waals surface area contributed by atoms with Crippen LogP contribution in [0.5, 0.6) is 0 Å². The van der Waals surface area contributed by atoms with Crippen LogP contribution in [0.4, 0.5) is 0 Å². The number of hydrogen-bond donors (Lipinski definition) is 2. The van der Waals surface area contributed by atoms with E-state index in [2.05, 4.69) is 0 Å². The van der Waals surface area contributed by atoms with E-state index in [0.29, 0.717) is 12.8 Å². The highest BCUT2D eigenvalue weighted by atomic mass is 16.4. The summed E-state index contributed by atoms with van der Waals surface area (Å²) in [5.41, 5.74) is -0.810. The number of carbonyl (C=O) groups is 1. The normalized spacial score (nSPS) is 49.1. The first-order valence-electron chi connectivity index (χ1n) is 7.46. The second kappa shape index (κ2) is 3.30. The number of aliphatic hydroxyl groups is 1. The predicted molar refractivity (Wildman–Crippen MR) is 65.9 cm³/mol. The molecular weight excluding hydrogens is 228 g/mol. The quantitative estimate of drug-likeness (QED) is 0.808. The van der Waals surface area contributed by atoms with Gasteiger partial charge in [-0.3, -0.25) is 4.79 Å². The van der Waals surface area contributed by atoms with Gasteiger partial charge in [-0.05, 0) is 74.5 Å². The van der Waals surface area contributed by atoms with Gasteiger partial charge in [0, 0.05) is 0 Å². The molecule has 18 heavy (non-hydrogen) atoms. The Balaban J connectivity index is 1.66. The number of carboxylic acid groups (broad SMARTS) is 1. The summed E-state index contributed by atoms with van der Waals surface area (Å²) in [6.45, 7) is 0. The molecule has 3 heteroatoms. The first-order valence-corrected chi connectivity index (χ1v) is 7.46. The monoisotopic (exact) mass is 250 g/mol. The molecule has 0 saturated heterocycles. The average molecular weight is 250 g/mol. The molecule has 1 atom stereocenters. The van der Waals surface area contributed by atoms with Crippen LogP contribution in [0, 0.1) is 28.6 Å². The molecule has 5 fully saturated rings. The van der Waals surface area contributed by atoms with Crippen molar-refractivity contribution in [2.45, 2.75) is 57.5 Å². The van der Waals surface area contributed by atoms with E-state index >= 15 is 0 Å². The summed E-state index contributed by atoms with van der Waals surface area (Å²) >= 11 is 0. The summed E-state index contributed by atoms with van der Waals surface area (Å²) in [6.07, 6.45) is 8.08. The van der Waals surface area contributed by atoms with E-state index in [4.69, 9.17) is 0 Å². The number of hydrogen-bond acceptors (Lipinski definition) is 2. The third-order valence-electron chi connectivity index (χ3n) is 6.40. The van der Waals surface area contributed by atoms with Crippen LogP contribution in [-0.4, -0.2) is 22.3 Å². The topological polar surface area (TPSA) is 57.5 Å². The number of aliphatic hydroxyl groups excluding tert-OH is 1. The molecule has 1 unspecified atom stereocenters. The van der Waals surface area contributed by atoms with E-state index in [0.717, 1.165) is 37.0 Å². The fourth-order valence-electron chi connectivity index (χ4n) is 5.84. The molecule has 0 aromatic heterocycles. The minimum atomic E-state index is -0.772. The molecule has 5 aliphatic rings. The Labute approximate surface area is 108 Å². The van der Waals surface area contributed by atoms with Gasteiger partial charge in [0.2, 0.25) is 0 Å². The Kier molecular flexibility index (Phi) is 2.07. The fourth-order valence-corrected chi connectivity index (χ4v) is 5.84. The first kappa shape index (κ1) is 11.3. The van der Waals surface area contributed by atoms with Crippen molar-refractivity contribution < 1.29 is 15.0 Å². The minimum Gasteiger partial charge on any atom is -0.481 e. The third kappa shape index (κ3) is 1.31. The van der Waals surface area contributed by atoms with Crippen LogP contribution < -0.4 is 0 Å². The van der Waals surface area contributed by atoms with Gasteiger partial charge in [-0.25, -0.2) is 0 Å². The zero-order chi connectivity index (χ0) is 12.5. The van der Waals surface area contributed by atoms with Crippen LogP contribution in [0.3, 0.4) is 0 Å². The molecule has 100 valence electrons. The Hall–Kier alpha value is -0.570. The van der Waals surface area contributed by atoms with Crippen LogP contribution in [0.2, 0.25) is 0 Å². The maximum Gasteiger partial charge on any atom is 0.312 e. The highest BCUT2D eigenvalue weighted by molar-refractivity contribution is 5.78.